The van der Waals surface area contributed by atoms with Gasteiger partial charge < -0.3 is 9.88 Å². The van der Waals surface area contributed by atoms with Gasteiger partial charge in [-0.15, -0.1) is 0 Å². The van der Waals surface area contributed by atoms with E-state index < -0.39 is 0 Å². The summed E-state index contributed by atoms with van der Waals surface area (Å²) in [5.74, 6) is 0.643. The molecule has 0 radical (unpaired) electrons. The van der Waals surface area contributed by atoms with Crippen LogP contribution in [0, 0.1) is 5.82 Å². The molecule has 1 aromatic carbocycles. The van der Waals surface area contributed by atoms with Gasteiger partial charge in [-0.25, -0.2) is 9.37 Å². The van der Waals surface area contributed by atoms with E-state index in [0.29, 0.717) is 12.6 Å². The van der Waals surface area contributed by atoms with Crippen molar-refractivity contribution in [2.45, 2.75) is 26.4 Å². The molecule has 0 spiro atoms. The number of hydrogen-bond acceptors (Lipinski definition) is 2. The molecule has 1 N–H and O–H groups in total. The van der Waals surface area contributed by atoms with Gasteiger partial charge in [0.05, 0.1) is 0 Å². The van der Waals surface area contributed by atoms with Crippen LogP contribution in [0.25, 0.3) is 11.4 Å². The lowest BCUT2D eigenvalue weighted by molar-refractivity contribution is 0.582. The third-order valence-corrected chi connectivity index (χ3v) is 2.83. The van der Waals surface area contributed by atoms with Gasteiger partial charge in [0, 0.05) is 37.6 Å². The first-order chi connectivity index (χ1) is 8.58. The zero-order valence-corrected chi connectivity index (χ0v) is 10.9. The maximum absolute atomic E-state index is 13.4. The van der Waals surface area contributed by atoms with Crippen LogP contribution in [-0.4, -0.2) is 15.6 Å². The Bertz CT molecular complexity index is 532. The molecule has 0 unspecified atom stereocenters. The van der Waals surface area contributed by atoms with Gasteiger partial charge in [-0.1, -0.05) is 13.8 Å². The second-order valence-electron chi connectivity index (χ2n) is 4.70. The SMILES string of the molecule is CC(C)NCc1cc(F)ccc1-c1nccn1C. The van der Waals surface area contributed by atoms with Crippen molar-refractivity contribution >= 4 is 0 Å². The van der Waals surface area contributed by atoms with Gasteiger partial charge >= 0.3 is 0 Å². The molecule has 1 heterocycles. The average molecular weight is 247 g/mol. The highest BCUT2D eigenvalue weighted by Gasteiger charge is 2.10. The summed E-state index contributed by atoms with van der Waals surface area (Å²) < 4.78 is 15.3. The maximum Gasteiger partial charge on any atom is 0.139 e. The molecule has 0 atom stereocenters. The van der Waals surface area contributed by atoms with E-state index in [1.165, 1.54) is 6.07 Å². The summed E-state index contributed by atoms with van der Waals surface area (Å²) >= 11 is 0. The highest BCUT2D eigenvalue weighted by atomic mass is 19.1. The number of nitrogens with zero attached hydrogens (tertiary/aromatic N) is 2. The normalized spacial score (nSPS) is 11.2. The van der Waals surface area contributed by atoms with Crippen LogP contribution in [0.15, 0.2) is 30.6 Å². The summed E-state index contributed by atoms with van der Waals surface area (Å²) in [6.45, 7) is 4.77. The van der Waals surface area contributed by atoms with Gasteiger partial charge in [-0.2, -0.15) is 0 Å². The Kier molecular flexibility index (Phi) is 3.77. The molecule has 1 aromatic heterocycles. The van der Waals surface area contributed by atoms with Crippen LogP contribution in [-0.2, 0) is 13.6 Å². The average Bonchev–Trinajstić information content (AvgIpc) is 2.73. The van der Waals surface area contributed by atoms with Gasteiger partial charge in [0.2, 0.25) is 0 Å². The number of hydrogen-bond donors (Lipinski definition) is 1. The summed E-state index contributed by atoms with van der Waals surface area (Å²) in [4.78, 5) is 4.32. The second-order valence-corrected chi connectivity index (χ2v) is 4.70. The minimum atomic E-state index is -0.214. The topological polar surface area (TPSA) is 29.9 Å². The fraction of sp³-hybridized carbons (Fsp3) is 0.357. The number of aryl methyl sites for hydroxylation is 1. The highest BCUT2D eigenvalue weighted by molar-refractivity contribution is 5.60. The molecular weight excluding hydrogens is 229 g/mol. The summed E-state index contributed by atoms with van der Waals surface area (Å²) in [6, 6.07) is 5.19. The third kappa shape index (κ3) is 2.76. The first-order valence-corrected chi connectivity index (χ1v) is 6.07. The van der Waals surface area contributed by atoms with E-state index in [0.717, 1.165) is 17.0 Å². The van der Waals surface area contributed by atoms with Crippen LogP contribution >= 0.6 is 0 Å². The number of imidazole rings is 1. The van der Waals surface area contributed by atoms with Gasteiger partial charge in [0.25, 0.3) is 0 Å². The standard InChI is InChI=1S/C14H18FN3/c1-10(2)17-9-11-8-12(15)4-5-13(11)14-16-6-7-18(14)3/h4-8,10,17H,9H2,1-3H3. The van der Waals surface area contributed by atoms with Crippen molar-refractivity contribution in [3.05, 3.63) is 42.0 Å². The third-order valence-electron chi connectivity index (χ3n) is 2.83. The molecular formula is C14H18FN3. The first-order valence-electron chi connectivity index (χ1n) is 6.07. The van der Waals surface area contributed by atoms with Crippen LogP contribution in [0.3, 0.4) is 0 Å². The Balaban J connectivity index is 2.37. The zero-order valence-electron chi connectivity index (χ0n) is 10.9. The van der Waals surface area contributed by atoms with E-state index in [2.05, 4.69) is 24.1 Å². The predicted molar refractivity (Wildman–Crippen MR) is 70.6 cm³/mol. The van der Waals surface area contributed by atoms with Gasteiger partial charge in [0.1, 0.15) is 11.6 Å². The number of aromatic nitrogens is 2. The molecule has 0 amide bonds. The molecule has 0 aliphatic heterocycles. The van der Waals surface area contributed by atoms with Crippen molar-refractivity contribution in [1.29, 1.82) is 0 Å². The number of rotatable bonds is 4. The lowest BCUT2D eigenvalue weighted by Crippen LogP contribution is -2.22. The van der Waals surface area contributed by atoms with Crippen molar-refractivity contribution in [2.75, 3.05) is 0 Å². The minimum absolute atomic E-state index is 0.214. The molecule has 0 aliphatic carbocycles. The molecule has 2 rings (SSSR count). The smallest absolute Gasteiger partial charge is 0.139 e. The highest BCUT2D eigenvalue weighted by Crippen LogP contribution is 2.22. The van der Waals surface area contributed by atoms with Gasteiger partial charge in [0.15, 0.2) is 0 Å². The Hall–Kier alpha value is -1.68. The van der Waals surface area contributed by atoms with Crippen LogP contribution in [0.4, 0.5) is 4.39 Å². The van der Waals surface area contributed by atoms with E-state index in [-0.39, 0.29) is 5.82 Å². The Morgan fingerprint density at radius 3 is 2.78 bits per heavy atom. The van der Waals surface area contributed by atoms with Gasteiger partial charge in [-0.3, -0.25) is 0 Å². The van der Waals surface area contributed by atoms with Crippen LogP contribution in [0.2, 0.25) is 0 Å². The monoisotopic (exact) mass is 247 g/mol. The van der Waals surface area contributed by atoms with Crippen molar-refractivity contribution in [3.63, 3.8) is 0 Å². The quantitative estimate of drug-likeness (QED) is 0.900. The molecule has 0 aliphatic rings. The van der Waals surface area contributed by atoms with Crippen molar-refractivity contribution < 1.29 is 4.39 Å². The Morgan fingerprint density at radius 1 is 1.39 bits per heavy atom. The van der Waals surface area contributed by atoms with E-state index >= 15 is 0 Å². The maximum atomic E-state index is 13.4. The molecule has 0 bridgehead atoms. The largest absolute Gasteiger partial charge is 0.334 e. The fourth-order valence-corrected chi connectivity index (χ4v) is 1.87. The summed E-state index contributed by atoms with van der Waals surface area (Å²) in [5, 5.41) is 3.31. The number of halogens is 1. The number of nitrogens with one attached hydrogen (secondary N) is 1. The zero-order chi connectivity index (χ0) is 13.1. The van der Waals surface area contributed by atoms with Crippen molar-refractivity contribution in [3.8, 4) is 11.4 Å². The molecule has 4 heteroatoms. The molecule has 96 valence electrons. The summed E-state index contributed by atoms with van der Waals surface area (Å²) in [7, 11) is 1.94. The minimum Gasteiger partial charge on any atom is -0.334 e. The van der Waals surface area contributed by atoms with E-state index in [9.17, 15) is 4.39 Å². The fourth-order valence-electron chi connectivity index (χ4n) is 1.87. The first kappa shape index (κ1) is 12.8. The molecule has 0 saturated heterocycles. The van der Waals surface area contributed by atoms with Crippen LogP contribution < -0.4 is 5.32 Å². The summed E-state index contributed by atoms with van der Waals surface area (Å²) in [5.41, 5.74) is 1.90. The Morgan fingerprint density at radius 2 is 2.17 bits per heavy atom. The molecule has 18 heavy (non-hydrogen) atoms. The van der Waals surface area contributed by atoms with Crippen LogP contribution in [0.5, 0.6) is 0 Å². The Labute approximate surface area is 107 Å². The van der Waals surface area contributed by atoms with Crippen molar-refractivity contribution in [1.82, 2.24) is 14.9 Å². The molecule has 3 nitrogen and oxygen atoms in total. The summed E-state index contributed by atoms with van der Waals surface area (Å²) in [6.07, 6.45) is 3.64. The molecule has 2 aromatic rings. The predicted octanol–water partition coefficient (Wildman–Crippen LogP) is 2.72. The van der Waals surface area contributed by atoms with Crippen LogP contribution in [0.1, 0.15) is 19.4 Å². The van der Waals surface area contributed by atoms with E-state index in [1.807, 2.05) is 17.8 Å². The molecule has 0 saturated carbocycles. The lowest BCUT2D eigenvalue weighted by Gasteiger charge is -2.12. The van der Waals surface area contributed by atoms with E-state index in [1.54, 1.807) is 18.3 Å². The van der Waals surface area contributed by atoms with Gasteiger partial charge in [-0.05, 0) is 23.8 Å². The molecule has 0 fully saturated rings. The lowest BCUT2D eigenvalue weighted by atomic mass is 10.1. The second kappa shape index (κ2) is 5.31. The number of benzene rings is 1. The van der Waals surface area contributed by atoms with Crippen molar-refractivity contribution in [2.24, 2.45) is 7.05 Å². The van der Waals surface area contributed by atoms with E-state index in [4.69, 9.17) is 0 Å².